The summed E-state index contributed by atoms with van der Waals surface area (Å²) in [5, 5.41) is 3.17. The Kier molecular flexibility index (Phi) is 4.14. The van der Waals surface area contributed by atoms with Gasteiger partial charge in [-0.3, -0.25) is 4.79 Å². The first-order valence-corrected chi connectivity index (χ1v) is 5.64. The van der Waals surface area contributed by atoms with Crippen molar-refractivity contribution in [2.45, 2.75) is 20.4 Å². The average Bonchev–Trinajstić information content (AvgIpc) is 2.19. The van der Waals surface area contributed by atoms with E-state index in [9.17, 15) is 4.79 Å². The first-order chi connectivity index (χ1) is 6.63. The molecule has 3 heteroatoms. The number of hydrogen-bond acceptors (Lipinski definition) is 1. The number of halogens is 1. The Labute approximate surface area is 92.8 Å². The molecule has 0 unspecified atom stereocenters. The summed E-state index contributed by atoms with van der Waals surface area (Å²) in [6.07, 6.45) is 0. The standard InChI is InChI=1S/C11H14BrNO/c1-8-3-4-10(5-9(8)2)7-13-11(14)6-12/h3-5H,6-7H2,1-2H3,(H,13,14). The van der Waals surface area contributed by atoms with Gasteiger partial charge in [0.25, 0.3) is 0 Å². The highest BCUT2D eigenvalue weighted by atomic mass is 79.9. The Morgan fingerprint density at radius 2 is 2.07 bits per heavy atom. The van der Waals surface area contributed by atoms with Crippen LogP contribution in [0, 0.1) is 13.8 Å². The summed E-state index contributed by atoms with van der Waals surface area (Å²) < 4.78 is 0. The van der Waals surface area contributed by atoms with Gasteiger partial charge >= 0.3 is 0 Å². The molecule has 0 aliphatic heterocycles. The van der Waals surface area contributed by atoms with Gasteiger partial charge in [-0.15, -0.1) is 0 Å². The average molecular weight is 256 g/mol. The normalized spacial score (nSPS) is 9.93. The molecular weight excluding hydrogens is 242 g/mol. The van der Waals surface area contributed by atoms with Crippen LogP contribution in [0.3, 0.4) is 0 Å². The topological polar surface area (TPSA) is 29.1 Å². The molecule has 0 saturated carbocycles. The van der Waals surface area contributed by atoms with Crippen LogP contribution in [-0.4, -0.2) is 11.2 Å². The van der Waals surface area contributed by atoms with Crippen molar-refractivity contribution < 1.29 is 4.79 Å². The Hall–Kier alpha value is -0.830. The van der Waals surface area contributed by atoms with Gasteiger partial charge in [-0.25, -0.2) is 0 Å². The molecule has 1 amide bonds. The molecule has 0 spiro atoms. The molecule has 1 N–H and O–H groups in total. The lowest BCUT2D eigenvalue weighted by Gasteiger charge is -2.06. The molecule has 0 aliphatic rings. The van der Waals surface area contributed by atoms with Crippen molar-refractivity contribution in [2.75, 3.05) is 5.33 Å². The van der Waals surface area contributed by atoms with E-state index in [2.05, 4.69) is 47.2 Å². The van der Waals surface area contributed by atoms with Crippen molar-refractivity contribution in [3.63, 3.8) is 0 Å². The molecular formula is C11H14BrNO. The van der Waals surface area contributed by atoms with Crippen molar-refractivity contribution >= 4 is 21.8 Å². The van der Waals surface area contributed by atoms with E-state index in [1.165, 1.54) is 11.1 Å². The monoisotopic (exact) mass is 255 g/mol. The van der Waals surface area contributed by atoms with Crippen molar-refractivity contribution in [3.05, 3.63) is 34.9 Å². The number of rotatable bonds is 3. The van der Waals surface area contributed by atoms with Gasteiger partial charge in [-0.05, 0) is 30.5 Å². The minimum absolute atomic E-state index is 0.0169. The molecule has 0 heterocycles. The highest BCUT2D eigenvalue weighted by molar-refractivity contribution is 9.09. The predicted octanol–water partition coefficient (Wildman–Crippen LogP) is 2.31. The zero-order valence-electron chi connectivity index (χ0n) is 8.43. The number of carbonyl (C=O) groups excluding carboxylic acids is 1. The number of hydrogen-bond donors (Lipinski definition) is 1. The Bertz CT molecular complexity index is 336. The smallest absolute Gasteiger partial charge is 0.230 e. The minimum Gasteiger partial charge on any atom is -0.351 e. The van der Waals surface area contributed by atoms with Crippen LogP contribution in [0.25, 0.3) is 0 Å². The van der Waals surface area contributed by atoms with Gasteiger partial charge in [0.15, 0.2) is 0 Å². The largest absolute Gasteiger partial charge is 0.351 e. The van der Waals surface area contributed by atoms with Crippen LogP contribution in [0.2, 0.25) is 0 Å². The maximum atomic E-state index is 11.0. The van der Waals surface area contributed by atoms with Gasteiger partial charge in [0, 0.05) is 6.54 Å². The fourth-order valence-electron chi connectivity index (χ4n) is 1.16. The van der Waals surface area contributed by atoms with E-state index >= 15 is 0 Å². The maximum absolute atomic E-state index is 11.0. The zero-order chi connectivity index (χ0) is 10.6. The number of aryl methyl sites for hydroxylation is 2. The lowest BCUT2D eigenvalue weighted by molar-refractivity contribution is -0.118. The van der Waals surface area contributed by atoms with Gasteiger partial charge in [0.2, 0.25) is 5.91 Å². The van der Waals surface area contributed by atoms with Crippen molar-refractivity contribution in [2.24, 2.45) is 0 Å². The molecule has 2 nitrogen and oxygen atoms in total. The van der Waals surface area contributed by atoms with E-state index in [4.69, 9.17) is 0 Å². The van der Waals surface area contributed by atoms with Crippen molar-refractivity contribution in [3.8, 4) is 0 Å². The summed E-state index contributed by atoms with van der Waals surface area (Å²) in [5.41, 5.74) is 3.68. The van der Waals surface area contributed by atoms with Crippen molar-refractivity contribution in [1.82, 2.24) is 5.32 Å². The van der Waals surface area contributed by atoms with E-state index in [0.717, 1.165) is 5.56 Å². The van der Waals surface area contributed by atoms with Gasteiger partial charge in [-0.1, -0.05) is 34.1 Å². The molecule has 0 saturated heterocycles. The molecule has 0 atom stereocenters. The van der Waals surface area contributed by atoms with E-state index < -0.39 is 0 Å². The predicted molar refractivity (Wildman–Crippen MR) is 61.6 cm³/mol. The molecule has 1 aromatic rings. The third-order valence-corrected chi connectivity index (χ3v) is 2.69. The van der Waals surface area contributed by atoms with Crippen LogP contribution >= 0.6 is 15.9 Å². The first kappa shape index (κ1) is 11.2. The quantitative estimate of drug-likeness (QED) is 0.826. The number of amides is 1. The molecule has 14 heavy (non-hydrogen) atoms. The Morgan fingerprint density at radius 1 is 1.36 bits per heavy atom. The fourth-order valence-corrected chi connectivity index (χ4v) is 1.36. The Morgan fingerprint density at radius 3 is 2.64 bits per heavy atom. The van der Waals surface area contributed by atoms with Gasteiger partial charge < -0.3 is 5.32 Å². The maximum Gasteiger partial charge on any atom is 0.230 e. The Balaban J connectivity index is 2.60. The number of carbonyl (C=O) groups is 1. The molecule has 0 fully saturated rings. The van der Waals surface area contributed by atoms with Crippen molar-refractivity contribution in [1.29, 1.82) is 0 Å². The summed E-state index contributed by atoms with van der Waals surface area (Å²) in [7, 11) is 0. The summed E-state index contributed by atoms with van der Waals surface area (Å²) in [5.74, 6) is 0.0169. The molecule has 0 bridgehead atoms. The molecule has 0 radical (unpaired) electrons. The number of alkyl halides is 1. The second-order valence-corrected chi connectivity index (χ2v) is 3.89. The van der Waals surface area contributed by atoms with Gasteiger partial charge in [0.05, 0.1) is 5.33 Å². The summed E-state index contributed by atoms with van der Waals surface area (Å²) in [6, 6.07) is 6.21. The third kappa shape index (κ3) is 3.14. The van der Waals surface area contributed by atoms with E-state index in [0.29, 0.717) is 11.9 Å². The van der Waals surface area contributed by atoms with Crippen LogP contribution < -0.4 is 5.32 Å². The highest BCUT2D eigenvalue weighted by Gasteiger charge is 1.99. The molecule has 1 aromatic carbocycles. The van der Waals surface area contributed by atoms with Crippen LogP contribution in [0.5, 0.6) is 0 Å². The summed E-state index contributed by atoms with van der Waals surface area (Å²) in [6.45, 7) is 4.76. The molecule has 0 aromatic heterocycles. The number of benzene rings is 1. The van der Waals surface area contributed by atoms with Crippen LogP contribution in [0.15, 0.2) is 18.2 Å². The SMILES string of the molecule is Cc1ccc(CNC(=O)CBr)cc1C. The van der Waals surface area contributed by atoms with Crippen LogP contribution in [0.4, 0.5) is 0 Å². The summed E-state index contributed by atoms with van der Waals surface area (Å²) >= 11 is 3.10. The molecule has 76 valence electrons. The molecule has 0 aliphatic carbocycles. The second-order valence-electron chi connectivity index (χ2n) is 3.33. The highest BCUT2D eigenvalue weighted by Crippen LogP contribution is 2.09. The van der Waals surface area contributed by atoms with E-state index in [1.807, 2.05) is 6.07 Å². The zero-order valence-corrected chi connectivity index (χ0v) is 10.0. The lowest BCUT2D eigenvalue weighted by Crippen LogP contribution is -2.23. The fraction of sp³-hybridized carbons (Fsp3) is 0.364. The summed E-state index contributed by atoms with van der Waals surface area (Å²) in [4.78, 5) is 11.0. The van der Waals surface area contributed by atoms with Gasteiger partial charge in [0.1, 0.15) is 0 Å². The van der Waals surface area contributed by atoms with E-state index in [1.54, 1.807) is 0 Å². The molecule has 1 rings (SSSR count). The van der Waals surface area contributed by atoms with Gasteiger partial charge in [-0.2, -0.15) is 0 Å². The number of nitrogens with one attached hydrogen (secondary N) is 1. The van der Waals surface area contributed by atoms with Crippen LogP contribution in [0.1, 0.15) is 16.7 Å². The third-order valence-electron chi connectivity index (χ3n) is 2.18. The van der Waals surface area contributed by atoms with Crippen LogP contribution in [-0.2, 0) is 11.3 Å². The second kappa shape index (κ2) is 5.15. The van der Waals surface area contributed by atoms with E-state index in [-0.39, 0.29) is 5.91 Å². The lowest BCUT2D eigenvalue weighted by atomic mass is 10.1. The minimum atomic E-state index is 0.0169. The first-order valence-electron chi connectivity index (χ1n) is 4.52.